The van der Waals surface area contributed by atoms with Crippen molar-refractivity contribution in [3.8, 4) is 0 Å². The fourth-order valence-electron chi connectivity index (χ4n) is 1.34. The Labute approximate surface area is 99.7 Å². The van der Waals surface area contributed by atoms with Crippen molar-refractivity contribution in [1.29, 1.82) is 0 Å². The van der Waals surface area contributed by atoms with Gasteiger partial charge in [-0.3, -0.25) is 9.59 Å². The van der Waals surface area contributed by atoms with E-state index in [-0.39, 0.29) is 0 Å². The largest absolute Gasteiger partial charge is 0.480 e. The lowest BCUT2D eigenvalue weighted by Crippen LogP contribution is -2.40. The zero-order valence-electron chi connectivity index (χ0n) is 9.15. The van der Waals surface area contributed by atoms with Gasteiger partial charge in [-0.1, -0.05) is 18.2 Å². The van der Waals surface area contributed by atoms with E-state index < -0.39 is 34.7 Å². The standard InChI is InChI=1S/C11H9F3O4/c1-10(8(15)16,9(17)18)6-3-2-4-7(5-6)11(12,13)14/h2-5H,1H3,(H,15,16)(H,17,18). The van der Waals surface area contributed by atoms with Gasteiger partial charge in [0.25, 0.3) is 0 Å². The predicted octanol–water partition coefficient (Wildman–Crippen LogP) is 2.13. The van der Waals surface area contributed by atoms with Crippen LogP contribution in [0.15, 0.2) is 24.3 Å². The molecular weight excluding hydrogens is 253 g/mol. The van der Waals surface area contributed by atoms with Gasteiger partial charge in [0.2, 0.25) is 0 Å². The second-order valence-electron chi connectivity index (χ2n) is 3.81. The Morgan fingerprint density at radius 3 is 1.89 bits per heavy atom. The normalized spacial score (nSPS) is 12.2. The molecule has 0 spiro atoms. The third-order valence-corrected chi connectivity index (χ3v) is 2.62. The summed E-state index contributed by atoms with van der Waals surface area (Å²) in [6.07, 6.45) is -4.66. The number of alkyl halides is 3. The Hall–Kier alpha value is -2.05. The number of benzene rings is 1. The molecule has 7 heteroatoms. The van der Waals surface area contributed by atoms with E-state index >= 15 is 0 Å². The maximum atomic E-state index is 12.5. The average Bonchev–Trinajstić information content (AvgIpc) is 2.26. The van der Waals surface area contributed by atoms with Gasteiger partial charge in [0, 0.05) is 0 Å². The smallest absolute Gasteiger partial charge is 0.416 e. The summed E-state index contributed by atoms with van der Waals surface area (Å²) in [5.74, 6) is -3.45. The molecule has 0 saturated heterocycles. The van der Waals surface area contributed by atoms with Crippen LogP contribution in [-0.2, 0) is 21.2 Å². The van der Waals surface area contributed by atoms with Crippen molar-refractivity contribution in [2.75, 3.05) is 0 Å². The molecule has 0 heterocycles. The van der Waals surface area contributed by atoms with E-state index in [0.29, 0.717) is 6.07 Å². The third kappa shape index (κ3) is 2.29. The summed E-state index contributed by atoms with van der Waals surface area (Å²) >= 11 is 0. The van der Waals surface area contributed by atoms with Crippen molar-refractivity contribution in [3.63, 3.8) is 0 Å². The summed E-state index contributed by atoms with van der Waals surface area (Å²) in [5, 5.41) is 17.8. The minimum atomic E-state index is -4.66. The van der Waals surface area contributed by atoms with Crippen LogP contribution < -0.4 is 0 Å². The highest BCUT2D eigenvalue weighted by Gasteiger charge is 2.44. The molecule has 0 atom stereocenters. The quantitative estimate of drug-likeness (QED) is 0.818. The average molecular weight is 262 g/mol. The lowest BCUT2D eigenvalue weighted by Gasteiger charge is -2.21. The summed E-state index contributed by atoms with van der Waals surface area (Å²) < 4.78 is 37.4. The van der Waals surface area contributed by atoms with Gasteiger partial charge in [0.15, 0.2) is 5.41 Å². The van der Waals surface area contributed by atoms with Crippen molar-refractivity contribution in [3.05, 3.63) is 35.4 Å². The number of halogens is 3. The monoisotopic (exact) mass is 262 g/mol. The van der Waals surface area contributed by atoms with E-state index in [1.165, 1.54) is 0 Å². The molecule has 98 valence electrons. The summed E-state index contributed by atoms with van der Waals surface area (Å²) in [6, 6.07) is 3.29. The van der Waals surface area contributed by atoms with Crippen LogP contribution in [0.25, 0.3) is 0 Å². The topological polar surface area (TPSA) is 74.6 Å². The molecular formula is C11H9F3O4. The van der Waals surface area contributed by atoms with Crippen molar-refractivity contribution in [1.82, 2.24) is 0 Å². The highest BCUT2D eigenvalue weighted by Crippen LogP contribution is 2.33. The van der Waals surface area contributed by atoms with Crippen LogP contribution in [0, 0.1) is 0 Å². The van der Waals surface area contributed by atoms with Crippen molar-refractivity contribution in [2.24, 2.45) is 0 Å². The lowest BCUT2D eigenvalue weighted by molar-refractivity contribution is -0.157. The van der Waals surface area contributed by atoms with E-state index in [1.54, 1.807) is 0 Å². The van der Waals surface area contributed by atoms with Crippen LogP contribution >= 0.6 is 0 Å². The van der Waals surface area contributed by atoms with E-state index in [4.69, 9.17) is 10.2 Å². The number of carboxylic acid groups (broad SMARTS) is 2. The highest BCUT2D eigenvalue weighted by atomic mass is 19.4. The lowest BCUT2D eigenvalue weighted by atomic mass is 9.82. The molecule has 2 N–H and O–H groups in total. The first-order chi connectivity index (χ1) is 8.10. The molecule has 1 rings (SSSR count). The summed E-state index contributed by atoms with van der Waals surface area (Å²) in [5.41, 5.74) is -3.94. The first kappa shape index (κ1) is 14.0. The van der Waals surface area contributed by atoms with Gasteiger partial charge in [-0.2, -0.15) is 13.2 Å². The van der Waals surface area contributed by atoms with Crippen LogP contribution in [0.1, 0.15) is 18.1 Å². The molecule has 4 nitrogen and oxygen atoms in total. The zero-order chi connectivity index (χ0) is 14.1. The molecule has 0 aliphatic heterocycles. The molecule has 0 amide bonds. The molecule has 0 aliphatic rings. The minimum Gasteiger partial charge on any atom is -0.480 e. The fraction of sp³-hybridized carbons (Fsp3) is 0.273. The Bertz CT molecular complexity index is 479. The van der Waals surface area contributed by atoms with Gasteiger partial charge in [-0.15, -0.1) is 0 Å². The predicted molar refractivity (Wildman–Crippen MR) is 54.1 cm³/mol. The molecule has 0 fully saturated rings. The van der Waals surface area contributed by atoms with Crippen LogP contribution in [0.4, 0.5) is 13.2 Å². The molecule has 1 aromatic rings. The molecule has 0 radical (unpaired) electrons. The second kappa shape index (κ2) is 4.32. The van der Waals surface area contributed by atoms with Crippen molar-refractivity contribution in [2.45, 2.75) is 18.5 Å². The number of hydrogen-bond donors (Lipinski definition) is 2. The Morgan fingerprint density at radius 1 is 1.06 bits per heavy atom. The van der Waals surface area contributed by atoms with Crippen molar-refractivity contribution >= 4 is 11.9 Å². The highest BCUT2D eigenvalue weighted by molar-refractivity contribution is 6.04. The van der Waals surface area contributed by atoms with Gasteiger partial charge < -0.3 is 10.2 Å². The van der Waals surface area contributed by atoms with E-state index in [1.807, 2.05) is 0 Å². The van der Waals surface area contributed by atoms with E-state index in [9.17, 15) is 22.8 Å². The van der Waals surface area contributed by atoms with E-state index in [0.717, 1.165) is 25.1 Å². The molecule has 0 unspecified atom stereocenters. The van der Waals surface area contributed by atoms with Gasteiger partial charge >= 0.3 is 18.1 Å². The molecule has 0 aromatic heterocycles. The Balaban J connectivity index is 3.41. The van der Waals surface area contributed by atoms with E-state index in [2.05, 4.69) is 0 Å². The van der Waals surface area contributed by atoms with Crippen molar-refractivity contribution < 1.29 is 33.0 Å². The number of rotatable bonds is 3. The number of aliphatic carboxylic acids is 2. The second-order valence-corrected chi connectivity index (χ2v) is 3.81. The molecule has 0 saturated carbocycles. The third-order valence-electron chi connectivity index (χ3n) is 2.62. The zero-order valence-corrected chi connectivity index (χ0v) is 9.15. The summed E-state index contributed by atoms with van der Waals surface area (Å²) in [7, 11) is 0. The Morgan fingerprint density at radius 2 is 1.50 bits per heavy atom. The maximum Gasteiger partial charge on any atom is 0.416 e. The summed E-state index contributed by atoms with van der Waals surface area (Å²) in [6.45, 7) is 0.840. The number of carbonyl (C=O) groups is 2. The van der Waals surface area contributed by atoms with Crippen LogP contribution in [0.5, 0.6) is 0 Å². The molecule has 0 aliphatic carbocycles. The van der Waals surface area contributed by atoms with Gasteiger partial charge in [-0.05, 0) is 18.6 Å². The van der Waals surface area contributed by atoms with Gasteiger partial charge in [0.1, 0.15) is 0 Å². The first-order valence-corrected chi connectivity index (χ1v) is 4.74. The minimum absolute atomic E-state index is 0.433. The number of carboxylic acids is 2. The van der Waals surface area contributed by atoms with Crippen LogP contribution in [-0.4, -0.2) is 22.2 Å². The fourth-order valence-corrected chi connectivity index (χ4v) is 1.34. The summed E-state index contributed by atoms with van der Waals surface area (Å²) in [4.78, 5) is 21.9. The number of hydrogen-bond acceptors (Lipinski definition) is 2. The Kier molecular flexibility index (Phi) is 3.36. The SMILES string of the molecule is CC(C(=O)O)(C(=O)O)c1cccc(C(F)(F)F)c1. The molecule has 18 heavy (non-hydrogen) atoms. The van der Waals surface area contributed by atoms with Crippen LogP contribution in [0.2, 0.25) is 0 Å². The van der Waals surface area contributed by atoms with Crippen LogP contribution in [0.3, 0.4) is 0 Å². The van der Waals surface area contributed by atoms with Gasteiger partial charge in [0.05, 0.1) is 5.56 Å². The van der Waals surface area contributed by atoms with Gasteiger partial charge in [-0.25, -0.2) is 0 Å². The first-order valence-electron chi connectivity index (χ1n) is 4.74. The maximum absolute atomic E-state index is 12.5. The molecule has 1 aromatic carbocycles. The molecule has 0 bridgehead atoms.